The van der Waals surface area contributed by atoms with Gasteiger partial charge in [-0.3, -0.25) is 9.69 Å². The van der Waals surface area contributed by atoms with Crippen molar-refractivity contribution >= 4 is 25.1 Å². The van der Waals surface area contributed by atoms with Gasteiger partial charge in [-0.05, 0) is 36.7 Å². The summed E-state index contributed by atoms with van der Waals surface area (Å²) < 4.78 is 6.27. The van der Waals surface area contributed by atoms with Crippen LogP contribution in [0, 0.1) is 0 Å². The number of fused-ring (bicyclic) bond motifs is 1. The zero-order chi connectivity index (χ0) is 20.4. The van der Waals surface area contributed by atoms with E-state index in [-0.39, 0.29) is 10.9 Å². The molecule has 0 saturated carbocycles. The number of nitrogens with zero attached hydrogens (tertiary/aromatic N) is 2. The lowest BCUT2D eigenvalue weighted by Gasteiger charge is -2.37. The summed E-state index contributed by atoms with van der Waals surface area (Å²) in [5.41, 5.74) is 1.71. The molecule has 3 rings (SSSR count). The summed E-state index contributed by atoms with van der Waals surface area (Å²) in [5, 5.41) is 1.35. The Morgan fingerprint density at radius 1 is 1.14 bits per heavy atom. The highest BCUT2D eigenvalue weighted by Gasteiger charge is 2.36. The van der Waals surface area contributed by atoms with Gasteiger partial charge in [0, 0.05) is 50.2 Å². The summed E-state index contributed by atoms with van der Waals surface area (Å²) in [6.07, 6.45) is 1.06. The first kappa shape index (κ1) is 21.1. The molecule has 28 heavy (non-hydrogen) atoms. The Labute approximate surface area is 170 Å². The second-order valence-electron chi connectivity index (χ2n) is 9.37. The fraction of sp³-hybridized carbons (Fsp3) is 0.591. The van der Waals surface area contributed by atoms with Gasteiger partial charge in [0.1, 0.15) is 5.69 Å². The molecule has 5 nitrogen and oxygen atoms in total. The Hall–Kier alpha value is -1.63. The van der Waals surface area contributed by atoms with Gasteiger partial charge >= 0.3 is 0 Å². The Morgan fingerprint density at radius 2 is 1.82 bits per heavy atom. The molecule has 0 radical (unpaired) electrons. The van der Waals surface area contributed by atoms with Crippen LogP contribution < -0.4 is 0 Å². The minimum absolute atomic E-state index is 0.108. The molecule has 154 valence electrons. The van der Waals surface area contributed by atoms with Crippen molar-refractivity contribution in [1.29, 1.82) is 0 Å². The maximum absolute atomic E-state index is 12.8. The Morgan fingerprint density at radius 3 is 2.46 bits per heavy atom. The second-order valence-corrected chi connectivity index (χ2v) is 14.2. The molecule has 1 fully saturated rings. The first-order chi connectivity index (χ1) is 13.2. The van der Waals surface area contributed by atoms with E-state index >= 15 is 0 Å². The van der Waals surface area contributed by atoms with Crippen LogP contribution in [0.25, 0.3) is 10.9 Å². The van der Waals surface area contributed by atoms with Gasteiger partial charge in [-0.25, -0.2) is 0 Å². The number of carbonyl (C=O) groups is 1. The zero-order valence-electron chi connectivity index (χ0n) is 18.0. The first-order valence-corrected chi connectivity index (χ1v) is 13.3. The number of hydrogen-bond donors (Lipinski definition) is 1. The molecule has 0 unspecified atom stereocenters. The summed E-state index contributed by atoms with van der Waals surface area (Å²) in [5.74, 6) is 0.108. The quantitative estimate of drug-likeness (QED) is 0.579. The van der Waals surface area contributed by atoms with E-state index < -0.39 is 8.32 Å². The molecule has 1 aromatic carbocycles. The number of aromatic amines is 1. The fourth-order valence-corrected chi connectivity index (χ4v) is 4.45. The topological polar surface area (TPSA) is 48.6 Å². The summed E-state index contributed by atoms with van der Waals surface area (Å²) in [7, 11) is -1.64. The van der Waals surface area contributed by atoms with Crippen molar-refractivity contribution in [2.24, 2.45) is 0 Å². The third kappa shape index (κ3) is 4.85. The van der Waals surface area contributed by atoms with Crippen molar-refractivity contribution in [1.82, 2.24) is 14.8 Å². The van der Waals surface area contributed by atoms with E-state index in [9.17, 15) is 4.79 Å². The molecular weight excluding hydrogens is 366 g/mol. The van der Waals surface area contributed by atoms with Gasteiger partial charge < -0.3 is 14.3 Å². The van der Waals surface area contributed by atoms with E-state index in [2.05, 4.69) is 43.7 Å². The van der Waals surface area contributed by atoms with Gasteiger partial charge in [-0.1, -0.05) is 39.0 Å². The number of carbonyl (C=O) groups excluding carboxylic acids is 1. The molecule has 1 aliphatic rings. The third-order valence-electron chi connectivity index (χ3n) is 6.31. The number of H-pyrrole nitrogens is 1. The smallest absolute Gasteiger partial charge is 0.270 e. The summed E-state index contributed by atoms with van der Waals surface area (Å²) in [6, 6.07) is 9.99. The predicted octanol–water partition coefficient (Wildman–Crippen LogP) is 4.34. The molecule has 2 heterocycles. The number of benzene rings is 1. The largest absolute Gasteiger partial charge is 0.417 e. The molecule has 0 spiro atoms. The molecule has 1 saturated heterocycles. The monoisotopic (exact) mass is 401 g/mol. The van der Waals surface area contributed by atoms with Gasteiger partial charge in [-0.2, -0.15) is 0 Å². The molecule has 0 aliphatic carbocycles. The summed E-state index contributed by atoms with van der Waals surface area (Å²) in [6.45, 7) is 16.8. The summed E-state index contributed by atoms with van der Waals surface area (Å²) in [4.78, 5) is 20.5. The lowest BCUT2D eigenvalue weighted by atomic mass is 10.2. The Balaban J connectivity index is 1.42. The number of rotatable bonds is 6. The standard InChI is InChI=1S/C22H35N3O2Si/c1-22(2,3)28(4,5)27-16-8-11-24-12-14-25(15-13-24)21(26)20-17-18-9-6-7-10-19(18)23-20/h6-7,9-10,17,23H,8,11-16H2,1-5H3. The van der Waals surface area contributed by atoms with Crippen molar-refractivity contribution < 1.29 is 9.22 Å². The summed E-state index contributed by atoms with van der Waals surface area (Å²) >= 11 is 0. The molecule has 1 aliphatic heterocycles. The van der Waals surface area contributed by atoms with Crippen LogP contribution in [0.3, 0.4) is 0 Å². The average molecular weight is 402 g/mol. The number of piperazine rings is 1. The number of hydrogen-bond acceptors (Lipinski definition) is 3. The molecular formula is C22H35N3O2Si. The maximum atomic E-state index is 12.8. The van der Waals surface area contributed by atoms with E-state index in [1.54, 1.807) is 0 Å². The van der Waals surface area contributed by atoms with E-state index in [0.29, 0.717) is 5.69 Å². The third-order valence-corrected chi connectivity index (χ3v) is 10.8. The van der Waals surface area contributed by atoms with E-state index in [0.717, 1.165) is 56.7 Å². The molecule has 1 aromatic heterocycles. The lowest BCUT2D eigenvalue weighted by molar-refractivity contribution is 0.0625. The van der Waals surface area contributed by atoms with Gasteiger partial charge in [0.05, 0.1) is 0 Å². The highest BCUT2D eigenvalue weighted by molar-refractivity contribution is 6.74. The average Bonchev–Trinajstić information content (AvgIpc) is 3.08. The van der Waals surface area contributed by atoms with Crippen LogP contribution in [0.1, 0.15) is 37.7 Å². The minimum Gasteiger partial charge on any atom is -0.417 e. The van der Waals surface area contributed by atoms with Crippen LogP contribution in [-0.2, 0) is 4.43 Å². The zero-order valence-corrected chi connectivity index (χ0v) is 19.0. The van der Waals surface area contributed by atoms with Crippen LogP contribution in [0.5, 0.6) is 0 Å². The van der Waals surface area contributed by atoms with Gasteiger partial charge in [-0.15, -0.1) is 0 Å². The van der Waals surface area contributed by atoms with E-state index in [1.807, 2.05) is 35.2 Å². The molecule has 1 N–H and O–H groups in total. The van der Waals surface area contributed by atoms with E-state index in [4.69, 9.17) is 4.43 Å². The van der Waals surface area contributed by atoms with Gasteiger partial charge in [0.15, 0.2) is 8.32 Å². The van der Waals surface area contributed by atoms with Gasteiger partial charge in [0.25, 0.3) is 5.91 Å². The first-order valence-electron chi connectivity index (χ1n) is 10.4. The van der Waals surface area contributed by atoms with Crippen LogP contribution >= 0.6 is 0 Å². The molecule has 2 aromatic rings. The maximum Gasteiger partial charge on any atom is 0.270 e. The predicted molar refractivity (Wildman–Crippen MR) is 118 cm³/mol. The normalized spacial score (nSPS) is 16.7. The van der Waals surface area contributed by atoms with Crippen molar-refractivity contribution in [3.63, 3.8) is 0 Å². The highest BCUT2D eigenvalue weighted by atomic mass is 28.4. The SMILES string of the molecule is CC(C)(C)[Si](C)(C)OCCCN1CCN(C(=O)c2cc3ccccc3[nH]2)CC1. The van der Waals surface area contributed by atoms with Crippen LogP contribution in [0.4, 0.5) is 0 Å². The van der Waals surface area contributed by atoms with Crippen LogP contribution in [0.2, 0.25) is 18.1 Å². The van der Waals surface area contributed by atoms with Crippen molar-refractivity contribution in [2.75, 3.05) is 39.3 Å². The van der Waals surface area contributed by atoms with Crippen molar-refractivity contribution in [2.45, 2.75) is 45.3 Å². The van der Waals surface area contributed by atoms with Crippen molar-refractivity contribution in [3.05, 3.63) is 36.0 Å². The fourth-order valence-electron chi connectivity index (χ4n) is 3.37. The van der Waals surface area contributed by atoms with Crippen molar-refractivity contribution in [3.8, 4) is 0 Å². The lowest BCUT2D eigenvalue weighted by Crippen LogP contribution is -2.49. The number of amides is 1. The van der Waals surface area contributed by atoms with Crippen LogP contribution in [-0.4, -0.2) is 68.3 Å². The molecule has 6 heteroatoms. The Kier molecular flexibility index (Phi) is 6.32. The number of aromatic nitrogens is 1. The minimum atomic E-state index is -1.64. The van der Waals surface area contributed by atoms with Gasteiger partial charge in [0.2, 0.25) is 0 Å². The number of nitrogens with one attached hydrogen (secondary N) is 1. The highest BCUT2D eigenvalue weighted by Crippen LogP contribution is 2.36. The van der Waals surface area contributed by atoms with E-state index in [1.165, 1.54) is 0 Å². The molecule has 0 atom stereocenters. The molecule has 1 amide bonds. The molecule has 0 bridgehead atoms. The Bertz CT molecular complexity index is 768. The van der Waals surface area contributed by atoms with Crippen LogP contribution in [0.15, 0.2) is 30.3 Å². The second kappa shape index (κ2) is 8.39. The number of para-hydroxylation sites is 1.